The summed E-state index contributed by atoms with van der Waals surface area (Å²) in [6, 6.07) is 1.91. The van der Waals surface area contributed by atoms with Crippen LogP contribution >= 0.6 is 15.9 Å². The smallest absolute Gasteiger partial charge is 0.323 e. The van der Waals surface area contributed by atoms with Gasteiger partial charge in [-0.3, -0.25) is 14.0 Å². The number of fused-ring (bicyclic) bond motifs is 1. The molecule has 0 saturated heterocycles. The van der Waals surface area contributed by atoms with Crippen molar-refractivity contribution in [3.8, 4) is 0 Å². The normalized spacial score (nSPS) is 10.8. The molecular formula is C13H14BrN3O3. The number of halogens is 1. The highest BCUT2D eigenvalue weighted by Crippen LogP contribution is 2.21. The number of aryl methyl sites for hydroxylation is 2. The van der Waals surface area contributed by atoms with Crippen molar-refractivity contribution in [1.29, 1.82) is 0 Å². The molecule has 0 aliphatic rings. The Kier molecular flexibility index (Phi) is 3.80. The van der Waals surface area contributed by atoms with Crippen LogP contribution in [0.15, 0.2) is 16.7 Å². The van der Waals surface area contributed by atoms with Crippen LogP contribution in [0.4, 0.5) is 0 Å². The standard InChI is InChI=1S/C13H14BrN3O3/c1-7-4-9(14)5-17-11(8(2)15-12(7)17)13(20)16(3)6-10(18)19/h4-5H,6H2,1-3H3,(H,18,19). The Balaban J connectivity index is 2.56. The lowest BCUT2D eigenvalue weighted by molar-refractivity contribution is -0.137. The lowest BCUT2D eigenvalue weighted by Crippen LogP contribution is -2.33. The molecule has 2 aromatic heterocycles. The Hall–Kier alpha value is -1.89. The molecule has 0 atom stereocenters. The van der Waals surface area contributed by atoms with Gasteiger partial charge in [0.2, 0.25) is 0 Å². The Morgan fingerprint density at radius 2 is 2.10 bits per heavy atom. The van der Waals surface area contributed by atoms with E-state index in [1.807, 2.05) is 13.0 Å². The first-order chi connectivity index (χ1) is 9.31. The molecule has 0 saturated carbocycles. The average molecular weight is 340 g/mol. The number of amides is 1. The van der Waals surface area contributed by atoms with Gasteiger partial charge < -0.3 is 10.0 Å². The second kappa shape index (κ2) is 5.24. The van der Waals surface area contributed by atoms with Crippen LogP contribution in [0.2, 0.25) is 0 Å². The molecular weight excluding hydrogens is 326 g/mol. The van der Waals surface area contributed by atoms with Gasteiger partial charge in [-0.25, -0.2) is 4.98 Å². The summed E-state index contributed by atoms with van der Waals surface area (Å²) in [6.07, 6.45) is 1.75. The van der Waals surface area contributed by atoms with Gasteiger partial charge in [0, 0.05) is 17.7 Å². The van der Waals surface area contributed by atoms with Crippen LogP contribution in [0, 0.1) is 13.8 Å². The number of likely N-dealkylation sites (N-methyl/N-ethyl adjacent to an activating group) is 1. The van der Waals surface area contributed by atoms with Crippen molar-refractivity contribution in [2.45, 2.75) is 13.8 Å². The highest BCUT2D eigenvalue weighted by Gasteiger charge is 2.22. The summed E-state index contributed by atoms with van der Waals surface area (Å²) in [6.45, 7) is 3.29. The topological polar surface area (TPSA) is 74.9 Å². The minimum Gasteiger partial charge on any atom is -0.480 e. The van der Waals surface area contributed by atoms with Crippen molar-refractivity contribution in [3.63, 3.8) is 0 Å². The number of pyridine rings is 1. The largest absolute Gasteiger partial charge is 0.480 e. The van der Waals surface area contributed by atoms with Crippen LogP contribution in [0.5, 0.6) is 0 Å². The number of hydrogen-bond donors (Lipinski definition) is 1. The molecule has 0 aromatic carbocycles. The fraction of sp³-hybridized carbons (Fsp3) is 0.308. The van der Waals surface area contributed by atoms with Gasteiger partial charge in [0.25, 0.3) is 5.91 Å². The van der Waals surface area contributed by atoms with Crippen LogP contribution in [-0.2, 0) is 4.79 Å². The number of carboxylic acids is 1. The van der Waals surface area contributed by atoms with E-state index in [-0.39, 0.29) is 12.5 Å². The van der Waals surface area contributed by atoms with Gasteiger partial charge in [0.15, 0.2) is 0 Å². The van der Waals surface area contributed by atoms with Crippen LogP contribution < -0.4 is 0 Å². The number of imidazole rings is 1. The first-order valence-electron chi connectivity index (χ1n) is 5.93. The third-order valence-corrected chi connectivity index (χ3v) is 3.40. The molecule has 2 aromatic rings. The van der Waals surface area contributed by atoms with Gasteiger partial charge in [-0.2, -0.15) is 0 Å². The molecule has 1 N–H and O–H groups in total. The third-order valence-electron chi connectivity index (χ3n) is 2.97. The van der Waals surface area contributed by atoms with Gasteiger partial charge in [-0.15, -0.1) is 0 Å². The van der Waals surface area contributed by atoms with E-state index in [9.17, 15) is 9.59 Å². The maximum absolute atomic E-state index is 12.4. The van der Waals surface area contributed by atoms with E-state index >= 15 is 0 Å². The van der Waals surface area contributed by atoms with Crippen LogP contribution in [-0.4, -0.2) is 44.9 Å². The SMILES string of the molecule is Cc1nc2c(C)cc(Br)cn2c1C(=O)N(C)CC(=O)O. The predicted octanol–water partition coefficient (Wildman–Crippen LogP) is 1.87. The van der Waals surface area contributed by atoms with Crippen molar-refractivity contribution < 1.29 is 14.7 Å². The van der Waals surface area contributed by atoms with Gasteiger partial charge in [-0.05, 0) is 41.4 Å². The summed E-state index contributed by atoms with van der Waals surface area (Å²) in [5.74, 6) is -1.42. The number of rotatable bonds is 3. The third kappa shape index (κ3) is 2.53. The van der Waals surface area contributed by atoms with E-state index < -0.39 is 5.97 Å². The highest BCUT2D eigenvalue weighted by molar-refractivity contribution is 9.10. The summed E-state index contributed by atoms with van der Waals surface area (Å²) in [4.78, 5) is 28.6. The molecule has 0 bridgehead atoms. The maximum Gasteiger partial charge on any atom is 0.323 e. The molecule has 0 aliphatic carbocycles. The molecule has 106 valence electrons. The number of carbonyl (C=O) groups is 2. The molecule has 0 fully saturated rings. The molecule has 6 nitrogen and oxygen atoms in total. The van der Waals surface area contributed by atoms with E-state index in [2.05, 4.69) is 20.9 Å². The Labute approximate surface area is 124 Å². The zero-order valence-corrected chi connectivity index (χ0v) is 12.9. The van der Waals surface area contributed by atoms with E-state index in [4.69, 9.17) is 5.11 Å². The number of hydrogen-bond acceptors (Lipinski definition) is 3. The van der Waals surface area contributed by atoms with Crippen molar-refractivity contribution >= 4 is 33.5 Å². The maximum atomic E-state index is 12.4. The van der Waals surface area contributed by atoms with E-state index in [0.29, 0.717) is 17.0 Å². The number of aliphatic carboxylic acids is 1. The van der Waals surface area contributed by atoms with E-state index in [1.54, 1.807) is 17.5 Å². The minimum absolute atomic E-state index is 0.349. The number of aromatic nitrogens is 2. The van der Waals surface area contributed by atoms with Crippen molar-refractivity contribution in [3.05, 3.63) is 33.7 Å². The lowest BCUT2D eigenvalue weighted by Gasteiger charge is -2.14. The monoisotopic (exact) mass is 339 g/mol. The summed E-state index contributed by atoms with van der Waals surface area (Å²) in [5.41, 5.74) is 2.58. The molecule has 7 heteroatoms. The number of nitrogens with zero attached hydrogens (tertiary/aromatic N) is 3. The van der Waals surface area contributed by atoms with Gasteiger partial charge in [0.1, 0.15) is 17.9 Å². The first-order valence-corrected chi connectivity index (χ1v) is 6.72. The molecule has 2 rings (SSSR count). The summed E-state index contributed by atoms with van der Waals surface area (Å²) in [7, 11) is 1.46. The van der Waals surface area contributed by atoms with Crippen LogP contribution in [0.25, 0.3) is 5.65 Å². The number of carbonyl (C=O) groups excluding carboxylic acids is 1. The fourth-order valence-corrected chi connectivity index (χ4v) is 2.64. The second-order valence-electron chi connectivity index (χ2n) is 4.64. The summed E-state index contributed by atoms with van der Waals surface area (Å²) < 4.78 is 2.52. The molecule has 0 aliphatic heterocycles. The summed E-state index contributed by atoms with van der Waals surface area (Å²) in [5, 5.41) is 8.78. The quantitative estimate of drug-likeness (QED) is 0.926. The van der Waals surface area contributed by atoms with E-state index in [0.717, 1.165) is 14.9 Å². The molecule has 0 unspecified atom stereocenters. The van der Waals surface area contributed by atoms with Gasteiger partial charge in [0.05, 0.1) is 5.69 Å². The highest BCUT2D eigenvalue weighted by atomic mass is 79.9. The average Bonchev–Trinajstić information content (AvgIpc) is 2.64. The first kappa shape index (κ1) is 14.5. The van der Waals surface area contributed by atoms with Gasteiger partial charge >= 0.3 is 5.97 Å². The molecule has 0 radical (unpaired) electrons. The van der Waals surface area contributed by atoms with Crippen molar-refractivity contribution in [2.24, 2.45) is 0 Å². The minimum atomic E-state index is -1.05. The summed E-state index contributed by atoms with van der Waals surface area (Å²) >= 11 is 3.39. The molecule has 2 heterocycles. The number of carboxylic acid groups (broad SMARTS) is 1. The van der Waals surface area contributed by atoms with Crippen LogP contribution in [0.3, 0.4) is 0 Å². The van der Waals surface area contributed by atoms with Gasteiger partial charge in [-0.1, -0.05) is 0 Å². The second-order valence-corrected chi connectivity index (χ2v) is 5.55. The Bertz CT molecular complexity index is 708. The fourth-order valence-electron chi connectivity index (χ4n) is 2.10. The van der Waals surface area contributed by atoms with E-state index in [1.165, 1.54) is 7.05 Å². The Morgan fingerprint density at radius 3 is 2.70 bits per heavy atom. The van der Waals surface area contributed by atoms with Crippen molar-refractivity contribution in [1.82, 2.24) is 14.3 Å². The zero-order chi connectivity index (χ0) is 15.0. The van der Waals surface area contributed by atoms with Crippen molar-refractivity contribution in [2.75, 3.05) is 13.6 Å². The molecule has 1 amide bonds. The Morgan fingerprint density at radius 1 is 1.45 bits per heavy atom. The molecule has 0 spiro atoms. The van der Waals surface area contributed by atoms with Crippen LogP contribution in [0.1, 0.15) is 21.7 Å². The molecule has 20 heavy (non-hydrogen) atoms. The zero-order valence-electron chi connectivity index (χ0n) is 11.3. The lowest BCUT2D eigenvalue weighted by atomic mass is 10.3. The predicted molar refractivity (Wildman–Crippen MR) is 77.0 cm³/mol.